The minimum absolute atomic E-state index is 0.453. The lowest BCUT2D eigenvalue weighted by Gasteiger charge is -2.36. The quantitative estimate of drug-likeness (QED) is 0.751. The number of nitrogens with zero attached hydrogens (tertiary/aromatic N) is 1. The van der Waals surface area contributed by atoms with Crippen molar-refractivity contribution in [2.45, 2.75) is 39.3 Å². The van der Waals surface area contributed by atoms with Crippen LogP contribution in [0.3, 0.4) is 0 Å². The third kappa shape index (κ3) is 4.16. The molecule has 0 aromatic heterocycles. The summed E-state index contributed by atoms with van der Waals surface area (Å²) in [6, 6.07) is 15.1. The standard InChI is InChI=1S/C22H29NO2/c1-16(2)12-20-19-14-22(25-15-17-8-6-5-7-9-17)21(24-4)13-18(19)10-11-23(20)3/h5-9,13-14,16,20H,10-12,15H2,1-4H3/t20-/m0/s1. The predicted molar refractivity (Wildman–Crippen MR) is 102 cm³/mol. The number of hydrogen-bond acceptors (Lipinski definition) is 3. The van der Waals surface area contributed by atoms with Crippen LogP contribution in [0.1, 0.15) is 43.0 Å². The smallest absolute Gasteiger partial charge is 0.162 e. The van der Waals surface area contributed by atoms with E-state index >= 15 is 0 Å². The average molecular weight is 339 g/mol. The summed E-state index contributed by atoms with van der Waals surface area (Å²) in [6.45, 7) is 6.23. The molecule has 134 valence electrons. The van der Waals surface area contributed by atoms with Crippen LogP contribution in [-0.2, 0) is 13.0 Å². The second kappa shape index (κ2) is 7.92. The maximum atomic E-state index is 6.13. The molecule has 0 bridgehead atoms. The van der Waals surface area contributed by atoms with Gasteiger partial charge in [0.05, 0.1) is 7.11 Å². The molecule has 2 aromatic rings. The van der Waals surface area contributed by atoms with Gasteiger partial charge in [-0.25, -0.2) is 0 Å². The van der Waals surface area contributed by atoms with Gasteiger partial charge in [-0.15, -0.1) is 0 Å². The molecule has 1 atom stereocenters. The fourth-order valence-electron chi connectivity index (χ4n) is 3.60. The van der Waals surface area contributed by atoms with Gasteiger partial charge < -0.3 is 9.47 Å². The SMILES string of the molecule is COc1cc2c(cc1OCc1ccccc1)[C@H](CC(C)C)N(C)CC2. The van der Waals surface area contributed by atoms with Crippen LogP contribution in [0.5, 0.6) is 11.5 Å². The Bertz CT molecular complexity index is 697. The summed E-state index contributed by atoms with van der Waals surface area (Å²) in [5.41, 5.74) is 3.96. The molecule has 3 heteroatoms. The van der Waals surface area contributed by atoms with Gasteiger partial charge in [-0.05, 0) is 54.6 Å². The average Bonchev–Trinajstić information content (AvgIpc) is 2.62. The minimum atomic E-state index is 0.453. The number of hydrogen-bond donors (Lipinski definition) is 0. The fraction of sp³-hybridized carbons (Fsp3) is 0.455. The molecule has 3 nitrogen and oxygen atoms in total. The van der Waals surface area contributed by atoms with Gasteiger partial charge in [0.2, 0.25) is 0 Å². The van der Waals surface area contributed by atoms with E-state index in [2.05, 4.69) is 50.1 Å². The van der Waals surface area contributed by atoms with Crippen LogP contribution in [0.2, 0.25) is 0 Å². The van der Waals surface area contributed by atoms with Crippen molar-refractivity contribution in [1.29, 1.82) is 0 Å². The summed E-state index contributed by atoms with van der Waals surface area (Å²) in [5, 5.41) is 0. The van der Waals surface area contributed by atoms with Gasteiger partial charge >= 0.3 is 0 Å². The van der Waals surface area contributed by atoms with E-state index in [1.54, 1.807) is 7.11 Å². The molecule has 3 rings (SSSR count). The molecule has 1 aliphatic rings. The number of likely N-dealkylation sites (N-methyl/N-ethyl adjacent to an activating group) is 1. The summed E-state index contributed by atoms with van der Waals surface area (Å²) in [4.78, 5) is 2.47. The molecule has 0 aliphatic carbocycles. The molecular weight excluding hydrogens is 310 g/mol. The van der Waals surface area contributed by atoms with E-state index in [0.29, 0.717) is 18.6 Å². The first kappa shape index (κ1) is 17.8. The Labute approximate surface area is 151 Å². The lowest BCUT2D eigenvalue weighted by molar-refractivity contribution is 0.200. The maximum Gasteiger partial charge on any atom is 0.162 e. The summed E-state index contributed by atoms with van der Waals surface area (Å²) in [6.07, 6.45) is 2.23. The Morgan fingerprint density at radius 3 is 2.56 bits per heavy atom. The largest absolute Gasteiger partial charge is 0.493 e. The molecular formula is C22H29NO2. The zero-order valence-electron chi connectivity index (χ0n) is 15.8. The molecule has 0 spiro atoms. The van der Waals surface area contributed by atoms with Gasteiger partial charge in [-0.3, -0.25) is 4.90 Å². The lowest BCUT2D eigenvalue weighted by atomic mass is 9.87. The highest BCUT2D eigenvalue weighted by Gasteiger charge is 2.27. The predicted octanol–water partition coefficient (Wildman–Crippen LogP) is 4.85. The van der Waals surface area contributed by atoms with E-state index in [9.17, 15) is 0 Å². The van der Waals surface area contributed by atoms with Gasteiger partial charge in [0, 0.05) is 12.6 Å². The molecule has 0 saturated carbocycles. The van der Waals surface area contributed by atoms with Crippen molar-refractivity contribution < 1.29 is 9.47 Å². The zero-order chi connectivity index (χ0) is 17.8. The van der Waals surface area contributed by atoms with Crippen LogP contribution in [-0.4, -0.2) is 25.6 Å². The third-order valence-electron chi connectivity index (χ3n) is 4.98. The topological polar surface area (TPSA) is 21.7 Å². The number of benzene rings is 2. The molecule has 0 amide bonds. The Kier molecular flexibility index (Phi) is 5.64. The van der Waals surface area contributed by atoms with E-state index in [-0.39, 0.29) is 0 Å². The van der Waals surface area contributed by atoms with E-state index in [0.717, 1.165) is 36.4 Å². The van der Waals surface area contributed by atoms with Crippen LogP contribution in [0.25, 0.3) is 0 Å². The molecule has 0 N–H and O–H groups in total. The summed E-state index contributed by atoms with van der Waals surface area (Å²) in [7, 11) is 3.95. The molecule has 2 aromatic carbocycles. The summed E-state index contributed by atoms with van der Waals surface area (Å²) < 4.78 is 11.7. The van der Waals surface area contributed by atoms with Gasteiger partial charge in [0.15, 0.2) is 11.5 Å². The van der Waals surface area contributed by atoms with E-state index in [4.69, 9.17) is 9.47 Å². The summed E-state index contributed by atoms with van der Waals surface area (Å²) in [5.74, 6) is 2.34. The molecule has 0 fully saturated rings. The lowest BCUT2D eigenvalue weighted by Crippen LogP contribution is -2.33. The molecule has 25 heavy (non-hydrogen) atoms. The highest BCUT2D eigenvalue weighted by molar-refractivity contribution is 5.49. The van der Waals surface area contributed by atoms with E-state index < -0.39 is 0 Å². The second-order valence-electron chi connectivity index (χ2n) is 7.35. The van der Waals surface area contributed by atoms with Crippen LogP contribution >= 0.6 is 0 Å². The first-order valence-corrected chi connectivity index (χ1v) is 9.16. The van der Waals surface area contributed by atoms with Crippen molar-refractivity contribution in [1.82, 2.24) is 4.90 Å². The van der Waals surface area contributed by atoms with Crippen molar-refractivity contribution in [2.75, 3.05) is 20.7 Å². The molecule has 0 radical (unpaired) electrons. The number of fused-ring (bicyclic) bond motifs is 1. The third-order valence-corrected chi connectivity index (χ3v) is 4.98. The van der Waals surface area contributed by atoms with Gasteiger partial charge in [0.1, 0.15) is 6.61 Å². The van der Waals surface area contributed by atoms with Crippen LogP contribution in [0, 0.1) is 5.92 Å². The van der Waals surface area contributed by atoms with Crippen molar-refractivity contribution in [3.05, 3.63) is 59.2 Å². The highest BCUT2D eigenvalue weighted by Crippen LogP contribution is 2.40. The normalized spacial score (nSPS) is 17.4. The van der Waals surface area contributed by atoms with Crippen molar-refractivity contribution in [3.63, 3.8) is 0 Å². The van der Waals surface area contributed by atoms with Crippen LogP contribution < -0.4 is 9.47 Å². The van der Waals surface area contributed by atoms with E-state index in [1.807, 2.05) is 18.2 Å². The first-order valence-electron chi connectivity index (χ1n) is 9.16. The zero-order valence-corrected chi connectivity index (χ0v) is 15.8. The van der Waals surface area contributed by atoms with Crippen LogP contribution in [0.15, 0.2) is 42.5 Å². The van der Waals surface area contributed by atoms with E-state index in [1.165, 1.54) is 11.1 Å². The minimum Gasteiger partial charge on any atom is -0.493 e. The molecule has 1 heterocycles. The second-order valence-corrected chi connectivity index (χ2v) is 7.35. The number of ether oxygens (including phenoxy) is 2. The first-order chi connectivity index (χ1) is 12.1. The Morgan fingerprint density at radius 2 is 1.88 bits per heavy atom. The van der Waals surface area contributed by atoms with Crippen molar-refractivity contribution in [2.24, 2.45) is 5.92 Å². The maximum absolute atomic E-state index is 6.13. The Balaban J connectivity index is 1.89. The van der Waals surface area contributed by atoms with Gasteiger partial charge in [-0.1, -0.05) is 44.2 Å². The van der Waals surface area contributed by atoms with Gasteiger partial charge in [0.25, 0.3) is 0 Å². The number of methoxy groups -OCH3 is 1. The molecule has 1 aliphatic heterocycles. The van der Waals surface area contributed by atoms with Crippen molar-refractivity contribution in [3.8, 4) is 11.5 Å². The monoisotopic (exact) mass is 339 g/mol. The molecule has 0 unspecified atom stereocenters. The fourth-order valence-corrected chi connectivity index (χ4v) is 3.60. The molecule has 0 saturated heterocycles. The van der Waals surface area contributed by atoms with Crippen LogP contribution in [0.4, 0.5) is 0 Å². The number of rotatable bonds is 6. The summed E-state index contributed by atoms with van der Waals surface area (Å²) >= 11 is 0. The Morgan fingerprint density at radius 1 is 1.12 bits per heavy atom. The van der Waals surface area contributed by atoms with Gasteiger partial charge in [-0.2, -0.15) is 0 Å². The highest BCUT2D eigenvalue weighted by atomic mass is 16.5. The van der Waals surface area contributed by atoms with Crippen molar-refractivity contribution >= 4 is 0 Å². The Hall–Kier alpha value is -2.00.